The normalized spacial score (nSPS) is 18.6. The summed E-state index contributed by atoms with van der Waals surface area (Å²) in [7, 11) is 2.11. The van der Waals surface area contributed by atoms with Crippen LogP contribution in [0, 0.1) is 5.92 Å². The Hall–Kier alpha value is -1.55. The number of carbonyl (C=O) groups excluding carboxylic acids is 1. The smallest absolute Gasteiger partial charge is 0.222 e. The van der Waals surface area contributed by atoms with Crippen LogP contribution in [-0.4, -0.2) is 44.0 Å². The van der Waals surface area contributed by atoms with Gasteiger partial charge in [-0.05, 0) is 37.4 Å². The first-order valence-corrected chi connectivity index (χ1v) is 7.44. The summed E-state index contributed by atoms with van der Waals surface area (Å²) >= 11 is 0. The minimum atomic E-state index is 0.275. The van der Waals surface area contributed by atoms with E-state index in [-0.39, 0.29) is 5.91 Å². The molecule has 0 bridgehead atoms. The van der Waals surface area contributed by atoms with Gasteiger partial charge in [0.15, 0.2) is 0 Å². The lowest BCUT2D eigenvalue weighted by molar-refractivity contribution is -0.127. The van der Waals surface area contributed by atoms with Crippen LogP contribution < -0.4 is 10.6 Å². The highest BCUT2D eigenvalue weighted by Crippen LogP contribution is 2.17. The van der Waals surface area contributed by atoms with Crippen molar-refractivity contribution in [1.82, 2.24) is 4.90 Å². The van der Waals surface area contributed by atoms with Crippen molar-refractivity contribution in [2.24, 2.45) is 11.7 Å². The maximum absolute atomic E-state index is 11.8. The Morgan fingerprint density at radius 1 is 1.30 bits per heavy atom. The van der Waals surface area contributed by atoms with E-state index in [1.807, 2.05) is 11.0 Å². The second-order valence-electron chi connectivity index (χ2n) is 5.61. The monoisotopic (exact) mass is 275 g/mol. The summed E-state index contributed by atoms with van der Waals surface area (Å²) in [6, 6.07) is 10.4. The molecule has 1 unspecified atom stereocenters. The Balaban J connectivity index is 1.66. The highest BCUT2D eigenvalue weighted by atomic mass is 16.2. The standard InChI is InChI=1S/C16H25N3O/c1-18(15-7-3-2-4-8-15)9-5-6-10-19-13-14(12-17)11-16(19)20/h2-4,7-8,14H,5-6,9-13,17H2,1H3. The predicted molar refractivity (Wildman–Crippen MR) is 82.7 cm³/mol. The Kier molecular flexibility index (Phi) is 5.41. The Morgan fingerprint density at radius 3 is 2.70 bits per heavy atom. The van der Waals surface area contributed by atoms with Crippen LogP contribution >= 0.6 is 0 Å². The van der Waals surface area contributed by atoms with Gasteiger partial charge in [0.25, 0.3) is 0 Å². The number of unbranched alkanes of at least 4 members (excludes halogenated alkanes) is 1. The van der Waals surface area contributed by atoms with Crippen molar-refractivity contribution < 1.29 is 4.79 Å². The molecule has 110 valence electrons. The van der Waals surface area contributed by atoms with Gasteiger partial charge in [0.2, 0.25) is 5.91 Å². The summed E-state index contributed by atoms with van der Waals surface area (Å²) < 4.78 is 0. The van der Waals surface area contributed by atoms with Crippen molar-refractivity contribution >= 4 is 11.6 Å². The van der Waals surface area contributed by atoms with Crippen molar-refractivity contribution in [3.63, 3.8) is 0 Å². The summed E-state index contributed by atoms with van der Waals surface area (Å²) in [4.78, 5) is 16.0. The van der Waals surface area contributed by atoms with Crippen LogP contribution in [0.3, 0.4) is 0 Å². The van der Waals surface area contributed by atoms with Crippen molar-refractivity contribution in [3.8, 4) is 0 Å². The van der Waals surface area contributed by atoms with Crippen LogP contribution in [0.15, 0.2) is 30.3 Å². The van der Waals surface area contributed by atoms with Crippen molar-refractivity contribution in [2.45, 2.75) is 19.3 Å². The largest absolute Gasteiger partial charge is 0.375 e. The van der Waals surface area contributed by atoms with E-state index in [1.54, 1.807) is 0 Å². The number of anilines is 1. The fourth-order valence-electron chi connectivity index (χ4n) is 2.69. The molecule has 4 nitrogen and oxygen atoms in total. The average molecular weight is 275 g/mol. The molecule has 1 amide bonds. The number of nitrogens with zero attached hydrogens (tertiary/aromatic N) is 2. The van der Waals surface area contributed by atoms with E-state index < -0.39 is 0 Å². The molecule has 1 atom stereocenters. The lowest BCUT2D eigenvalue weighted by Crippen LogP contribution is -2.28. The maximum Gasteiger partial charge on any atom is 0.222 e. The molecule has 1 fully saturated rings. The van der Waals surface area contributed by atoms with Gasteiger partial charge < -0.3 is 15.5 Å². The predicted octanol–water partition coefficient (Wildman–Crippen LogP) is 1.71. The van der Waals surface area contributed by atoms with Crippen LogP contribution in [0.25, 0.3) is 0 Å². The molecular formula is C16H25N3O. The molecule has 0 radical (unpaired) electrons. The highest BCUT2D eigenvalue weighted by Gasteiger charge is 2.27. The molecule has 0 saturated carbocycles. The fraction of sp³-hybridized carbons (Fsp3) is 0.562. The van der Waals surface area contributed by atoms with Crippen LogP contribution in [0.5, 0.6) is 0 Å². The van der Waals surface area contributed by atoms with E-state index in [0.29, 0.717) is 18.9 Å². The summed E-state index contributed by atoms with van der Waals surface area (Å²) in [6.07, 6.45) is 2.79. The summed E-state index contributed by atoms with van der Waals surface area (Å²) in [5, 5.41) is 0. The topological polar surface area (TPSA) is 49.6 Å². The van der Waals surface area contributed by atoms with Gasteiger partial charge in [0.05, 0.1) is 0 Å². The molecule has 20 heavy (non-hydrogen) atoms. The third kappa shape index (κ3) is 3.97. The van der Waals surface area contributed by atoms with Crippen LogP contribution in [-0.2, 0) is 4.79 Å². The summed E-state index contributed by atoms with van der Waals surface area (Å²) in [5.74, 6) is 0.645. The van der Waals surface area contributed by atoms with Gasteiger partial charge in [-0.3, -0.25) is 4.79 Å². The molecular weight excluding hydrogens is 250 g/mol. The minimum absolute atomic E-state index is 0.275. The first kappa shape index (κ1) is 14.9. The fourth-order valence-corrected chi connectivity index (χ4v) is 2.69. The molecule has 1 aromatic rings. The van der Waals surface area contributed by atoms with E-state index in [4.69, 9.17) is 5.73 Å². The second kappa shape index (κ2) is 7.29. The number of benzene rings is 1. The van der Waals surface area contributed by atoms with E-state index in [2.05, 4.69) is 36.2 Å². The SMILES string of the molecule is CN(CCCCN1CC(CN)CC1=O)c1ccccc1. The number of para-hydroxylation sites is 1. The molecule has 2 rings (SSSR count). The molecule has 0 aromatic heterocycles. The lowest BCUT2D eigenvalue weighted by Gasteiger charge is -2.20. The van der Waals surface area contributed by atoms with Crippen molar-refractivity contribution in [3.05, 3.63) is 30.3 Å². The van der Waals surface area contributed by atoms with Gasteiger partial charge in [-0.2, -0.15) is 0 Å². The molecule has 1 aliphatic rings. The molecule has 1 heterocycles. The number of nitrogens with two attached hydrogens (primary N) is 1. The van der Waals surface area contributed by atoms with Gasteiger partial charge in [0.1, 0.15) is 0 Å². The highest BCUT2D eigenvalue weighted by molar-refractivity contribution is 5.78. The number of carbonyl (C=O) groups is 1. The third-order valence-electron chi connectivity index (χ3n) is 4.00. The first-order valence-electron chi connectivity index (χ1n) is 7.44. The number of amides is 1. The van der Waals surface area contributed by atoms with E-state index in [0.717, 1.165) is 32.5 Å². The van der Waals surface area contributed by atoms with Crippen LogP contribution in [0.4, 0.5) is 5.69 Å². The summed E-state index contributed by atoms with van der Waals surface area (Å²) in [6.45, 7) is 3.37. The maximum atomic E-state index is 11.8. The molecule has 1 aromatic carbocycles. The molecule has 0 spiro atoms. The molecule has 2 N–H and O–H groups in total. The number of hydrogen-bond acceptors (Lipinski definition) is 3. The van der Waals surface area contributed by atoms with Gasteiger partial charge in [0, 0.05) is 38.8 Å². The van der Waals surface area contributed by atoms with E-state index in [1.165, 1.54) is 5.69 Å². The Labute approximate surface area is 121 Å². The lowest BCUT2D eigenvalue weighted by atomic mass is 10.1. The zero-order valence-electron chi connectivity index (χ0n) is 12.3. The Morgan fingerprint density at radius 2 is 2.05 bits per heavy atom. The van der Waals surface area contributed by atoms with Gasteiger partial charge in [-0.15, -0.1) is 0 Å². The zero-order valence-corrected chi connectivity index (χ0v) is 12.3. The zero-order chi connectivity index (χ0) is 14.4. The minimum Gasteiger partial charge on any atom is -0.375 e. The molecule has 1 aliphatic heterocycles. The average Bonchev–Trinajstić information content (AvgIpc) is 2.85. The van der Waals surface area contributed by atoms with Crippen molar-refractivity contribution in [1.29, 1.82) is 0 Å². The molecule has 4 heteroatoms. The quantitative estimate of drug-likeness (QED) is 0.771. The van der Waals surface area contributed by atoms with Crippen LogP contribution in [0.2, 0.25) is 0 Å². The van der Waals surface area contributed by atoms with Crippen molar-refractivity contribution in [2.75, 3.05) is 38.1 Å². The third-order valence-corrected chi connectivity index (χ3v) is 4.00. The summed E-state index contributed by atoms with van der Waals surface area (Å²) in [5.41, 5.74) is 6.88. The first-order chi connectivity index (χ1) is 9.70. The second-order valence-corrected chi connectivity index (χ2v) is 5.61. The number of rotatable bonds is 7. The van der Waals surface area contributed by atoms with E-state index in [9.17, 15) is 4.79 Å². The van der Waals surface area contributed by atoms with E-state index >= 15 is 0 Å². The molecule has 1 saturated heterocycles. The van der Waals surface area contributed by atoms with Gasteiger partial charge >= 0.3 is 0 Å². The molecule has 0 aliphatic carbocycles. The van der Waals surface area contributed by atoms with Gasteiger partial charge in [-0.25, -0.2) is 0 Å². The number of likely N-dealkylation sites (tertiary alicyclic amines) is 1. The Bertz CT molecular complexity index is 421. The van der Waals surface area contributed by atoms with Crippen LogP contribution in [0.1, 0.15) is 19.3 Å². The van der Waals surface area contributed by atoms with Gasteiger partial charge in [-0.1, -0.05) is 18.2 Å². The number of hydrogen-bond donors (Lipinski definition) is 1.